The number of carbonyl (C=O) groups excluding carboxylic acids is 1. The largest absolute Gasteiger partial charge is 0.349 e. The van der Waals surface area contributed by atoms with Crippen LogP contribution in [0.25, 0.3) is 0 Å². The van der Waals surface area contributed by atoms with E-state index in [4.69, 9.17) is 0 Å². The van der Waals surface area contributed by atoms with Gasteiger partial charge in [0.15, 0.2) is 0 Å². The van der Waals surface area contributed by atoms with E-state index in [2.05, 4.69) is 18.7 Å². The molecule has 1 aliphatic rings. The van der Waals surface area contributed by atoms with Crippen LogP contribution in [0.15, 0.2) is 0 Å². The average Bonchev–Trinajstić information content (AvgIpc) is 2.73. The third-order valence-corrected chi connectivity index (χ3v) is 3.70. The summed E-state index contributed by atoms with van der Waals surface area (Å²) in [4.78, 5) is 16.0. The first kappa shape index (κ1) is 13.5. The van der Waals surface area contributed by atoms with Crippen LogP contribution in [-0.4, -0.2) is 49.4 Å². The molecule has 0 bridgehead atoms. The molecule has 1 amide bonds. The minimum absolute atomic E-state index is 0.243. The zero-order valence-corrected chi connectivity index (χ0v) is 11.2. The molecule has 1 rings (SSSR count). The molecule has 2 unspecified atom stereocenters. The first-order valence-corrected chi connectivity index (χ1v) is 6.48. The van der Waals surface area contributed by atoms with E-state index in [0.29, 0.717) is 5.91 Å². The monoisotopic (exact) mass is 226 g/mol. The van der Waals surface area contributed by atoms with E-state index in [-0.39, 0.29) is 5.92 Å². The maximum absolute atomic E-state index is 11.8. The van der Waals surface area contributed by atoms with Gasteiger partial charge in [0.05, 0.1) is 5.92 Å². The number of likely N-dealkylation sites (tertiary alicyclic amines) is 1. The Labute approximate surface area is 99.8 Å². The Morgan fingerprint density at radius 2 is 2.19 bits per heavy atom. The Kier molecular flexibility index (Phi) is 5.26. The molecule has 1 saturated heterocycles. The van der Waals surface area contributed by atoms with Crippen LogP contribution in [-0.2, 0) is 4.79 Å². The summed E-state index contributed by atoms with van der Waals surface area (Å²) in [7, 11) is 3.70. The molecule has 3 nitrogen and oxygen atoms in total. The first-order valence-electron chi connectivity index (χ1n) is 6.48. The van der Waals surface area contributed by atoms with Crippen LogP contribution in [0.1, 0.15) is 33.1 Å². The van der Waals surface area contributed by atoms with E-state index >= 15 is 0 Å². The minimum atomic E-state index is 0.243. The van der Waals surface area contributed by atoms with Gasteiger partial charge in [0.25, 0.3) is 0 Å². The van der Waals surface area contributed by atoms with Gasteiger partial charge in [-0.3, -0.25) is 4.79 Å². The molecule has 1 fully saturated rings. The average molecular weight is 226 g/mol. The van der Waals surface area contributed by atoms with Crippen LogP contribution >= 0.6 is 0 Å². The maximum atomic E-state index is 11.8. The summed E-state index contributed by atoms with van der Waals surface area (Å²) in [5, 5.41) is 0. The van der Waals surface area contributed by atoms with Crippen LogP contribution in [0.2, 0.25) is 0 Å². The lowest BCUT2D eigenvalue weighted by Crippen LogP contribution is -2.32. The second-order valence-corrected chi connectivity index (χ2v) is 5.32. The zero-order chi connectivity index (χ0) is 12.1. The lowest BCUT2D eigenvalue weighted by molar-refractivity contribution is -0.132. The summed E-state index contributed by atoms with van der Waals surface area (Å²) in [5.41, 5.74) is 0. The second-order valence-electron chi connectivity index (χ2n) is 5.32. The van der Waals surface area contributed by atoms with Crippen LogP contribution in [0.3, 0.4) is 0 Å². The van der Waals surface area contributed by atoms with E-state index in [1.54, 1.807) is 4.90 Å². The number of rotatable bonds is 5. The van der Waals surface area contributed by atoms with Crippen molar-refractivity contribution < 1.29 is 4.79 Å². The summed E-state index contributed by atoms with van der Waals surface area (Å²) in [6, 6.07) is 0. The molecule has 0 N–H and O–H groups in total. The zero-order valence-electron chi connectivity index (χ0n) is 11.2. The van der Waals surface area contributed by atoms with Crippen molar-refractivity contribution in [1.29, 1.82) is 0 Å². The molecule has 0 radical (unpaired) electrons. The van der Waals surface area contributed by atoms with Gasteiger partial charge >= 0.3 is 0 Å². The highest BCUT2D eigenvalue weighted by molar-refractivity contribution is 5.78. The number of amides is 1. The van der Waals surface area contributed by atoms with Gasteiger partial charge in [0.2, 0.25) is 5.91 Å². The highest BCUT2D eigenvalue weighted by Crippen LogP contribution is 2.19. The summed E-state index contributed by atoms with van der Waals surface area (Å²) >= 11 is 0. The van der Waals surface area contributed by atoms with Crippen LogP contribution in [0, 0.1) is 11.8 Å². The molecule has 94 valence electrons. The molecule has 0 aliphatic carbocycles. The number of hydrogen-bond acceptors (Lipinski definition) is 2. The van der Waals surface area contributed by atoms with Gasteiger partial charge in [-0.05, 0) is 31.8 Å². The van der Waals surface area contributed by atoms with E-state index in [0.717, 1.165) is 32.0 Å². The van der Waals surface area contributed by atoms with Gasteiger partial charge in [0.1, 0.15) is 0 Å². The fourth-order valence-electron chi connectivity index (χ4n) is 2.21. The predicted octanol–water partition coefficient (Wildman–Crippen LogP) is 1.83. The second kappa shape index (κ2) is 6.24. The smallest absolute Gasteiger partial charge is 0.226 e. The lowest BCUT2D eigenvalue weighted by atomic mass is 10.1. The number of nitrogens with zero attached hydrogens (tertiary/aromatic N) is 2. The van der Waals surface area contributed by atoms with Crippen LogP contribution < -0.4 is 0 Å². The molecule has 0 aromatic heterocycles. The molecule has 2 atom stereocenters. The highest BCUT2D eigenvalue weighted by atomic mass is 16.2. The Morgan fingerprint density at radius 1 is 1.50 bits per heavy atom. The van der Waals surface area contributed by atoms with Crippen molar-refractivity contribution in [1.82, 2.24) is 9.80 Å². The van der Waals surface area contributed by atoms with E-state index in [1.807, 2.05) is 14.1 Å². The summed E-state index contributed by atoms with van der Waals surface area (Å²) in [5.74, 6) is 1.35. The Bertz CT molecular complexity index is 228. The van der Waals surface area contributed by atoms with Gasteiger partial charge in [0, 0.05) is 20.6 Å². The minimum Gasteiger partial charge on any atom is -0.349 e. The number of hydrogen-bond donors (Lipinski definition) is 0. The molecular formula is C13H26N2O. The maximum Gasteiger partial charge on any atom is 0.226 e. The fraction of sp³-hybridized carbons (Fsp3) is 0.923. The molecule has 0 saturated carbocycles. The van der Waals surface area contributed by atoms with Crippen molar-refractivity contribution in [2.45, 2.75) is 33.1 Å². The predicted molar refractivity (Wildman–Crippen MR) is 67.3 cm³/mol. The summed E-state index contributed by atoms with van der Waals surface area (Å²) in [6.45, 7) is 7.77. The molecular weight excluding hydrogens is 200 g/mol. The van der Waals surface area contributed by atoms with Crippen LogP contribution in [0.4, 0.5) is 0 Å². The standard InChI is InChI=1S/C13H26N2O/c1-5-11(2)6-8-15-9-7-12(10-15)13(16)14(3)4/h11-12H,5-10H2,1-4H3. The Hall–Kier alpha value is -0.570. The molecule has 0 aromatic rings. The topological polar surface area (TPSA) is 23.6 Å². The quantitative estimate of drug-likeness (QED) is 0.714. The van der Waals surface area contributed by atoms with Crippen LogP contribution in [0.5, 0.6) is 0 Å². The highest BCUT2D eigenvalue weighted by Gasteiger charge is 2.28. The van der Waals surface area contributed by atoms with Crippen molar-refractivity contribution in [3.63, 3.8) is 0 Å². The van der Waals surface area contributed by atoms with Gasteiger partial charge in [-0.1, -0.05) is 20.3 Å². The molecule has 16 heavy (non-hydrogen) atoms. The van der Waals surface area contributed by atoms with Gasteiger partial charge in [-0.25, -0.2) is 0 Å². The van der Waals surface area contributed by atoms with Crippen molar-refractivity contribution in [2.75, 3.05) is 33.7 Å². The van der Waals surface area contributed by atoms with Crippen molar-refractivity contribution in [2.24, 2.45) is 11.8 Å². The van der Waals surface area contributed by atoms with E-state index < -0.39 is 0 Å². The third kappa shape index (κ3) is 3.78. The van der Waals surface area contributed by atoms with E-state index in [1.165, 1.54) is 12.8 Å². The van der Waals surface area contributed by atoms with E-state index in [9.17, 15) is 4.79 Å². The molecule has 3 heteroatoms. The molecule has 0 spiro atoms. The summed E-state index contributed by atoms with van der Waals surface area (Å²) in [6.07, 6.45) is 3.56. The van der Waals surface area contributed by atoms with Gasteiger partial charge in [-0.15, -0.1) is 0 Å². The summed E-state index contributed by atoms with van der Waals surface area (Å²) < 4.78 is 0. The Balaban J connectivity index is 2.27. The number of carbonyl (C=O) groups is 1. The van der Waals surface area contributed by atoms with Crippen molar-refractivity contribution in [3.05, 3.63) is 0 Å². The van der Waals surface area contributed by atoms with Crippen molar-refractivity contribution in [3.8, 4) is 0 Å². The molecule has 1 aliphatic heterocycles. The molecule has 0 aromatic carbocycles. The van der Waals surface area contributed by atoms with Gasteiger partial charge < -0.3 is 9.80 Å². The van der Waals surface area contributed by atoms with Gasteiger partial charge in [-0.2, -0.15) is 0 Å². The SMILES string of the molecule is CCC(C)CCN1CCC(C(=O)N(C)C)C1. The third-order valence-electron chi connectivity index (χ3n) is 3.70. The van der Waals surface area contributed by atoms with Crippen molar-refractivity contribution >= 4 is 5.91 Å². The first-order chi connectivity index (χ1) is 7.54. The Morgan fingerprint density at radius 3 is 2.75 bits per heavy atom. The fourth-order valence-corrected chi connectivity index (χ4v) is 2.21. The molecule has 1 heterocycles. The lowest BCUT2D eigenvalue weighted by Gasteiger charge is -2.19. The normalized spacial score (nSPS) is 23.4.